The largest absolute Gasteiger partial charge is 0.341 e. The summed E-state index contributed by atoms with van der Waals surface area (Å²) in [6, 6.07) is 20.3. The highest BCUT2D eigenvalue weighted by molar-refractivity contribution is 8.93. The zero-order valence-electron chi connectivity index (χ0n) is 21.9. The van der Waals surface area contributed by atoms with Crippen LogP contribution in [0.25, 0.3) is 11.0 Å². The summed E-state index contributed by atoms with van der Waals surface area (Å²) < 4.78 is 0. The fourth-order valence-corrected chi connectivity index (χ4v) is 6.02. The van der Waals surface area contributed by atoms with Crippen molar-refractivity contribution >= 4 is 79.0 Å². The van der Waals surface area contributed by atoms with Crippen LogP contribution in [0, 0.1) is 0 Å². The van der Waals surface area contributed by atoms with Crippen LogP contribution in [0.15, 0.2) is 67.0 Å². The van der Waals surface area contributed by atoms with Gasteiger partial charge < -0.3 is 10.3 Å². The molecular weight excluding hydrogens is 752 g/mol. The van der Waals surface area contributed by atoms with Crippen LogP contribution in [0.5, 0.6) is 0 Å². The summed E-state index contributed by atoms with van der Waals surface area (Å²) in [5.74, 6) is 1.06. The molecule has 2 N–H and O–H groups in total. The number of nitrogens with one attached hydrogen (secondary N) is 2. The molecule has 0 aliphatic heterocycles. The first-order valence-electron chi connectivity index (χ1n) is 13.1. The number of nitrogens with zero attached hydrogens (tertiary/aromatic N) is 4. The monoisotopic (exact) mass is 786 g/mol. The molecule has 39 heavy (non-hydrogen) atoms. The van der Waals surface area contributed by atoms with Gasteiger partial charge in [-0.15, -0.1) is 67.9 Å². The van der Waals surface area contributed by atoms with Gasteiger partial charge in [0.05, 0.1) is 35.0 Å². The maximum atomic E-state index is 4.94. The van der Waals surface area contributed by atoms with E-state index in [1.165, 1.54) is 49.8 Å². The second kappa shape index (κ2) is 16.3. The van der Waals surface area contributed by atoms with Gasteiger partial charge in [0.15, 0.2) is 0 Å². The highest BCUT2D eigenvalue weighted by Crippen LogP contribution is 2.38. The number of hydrogen-bond donors (Lipinski definition) is 2. The van der Waals surface area contributed by atoms with Crippen LogP contribution in [-0.4, -0.2) is 36.9 Å². The van der Waals surface area contributed by atoms with E-state index in [2.05, 4.69) is 68.7 Å². The molecular formula is C29H38Br4N6. The average molecular weight is 790 g/mol. The number of rotatable bonds is 7. The lowest BCUT2D eigenvalue weighted by atomic mass is 9.85. The zero-order valence-corrected chi connectivity index (χ0v) is 28.7. The van der Waals surface area contributed by atoms with Crippen LogP contribution < -0.4 is 5.32 Å². The van der Waals surface area contributed by atoms with Crippen LogP contribution in [0.1, 0.15) is 67.3 Å². The molecule has 0 bridgehead atoms. The van der Waals surface area contributed by atoms with Crippen molar-refractivity contribution in [3.8, 4) is 0 Å². The lowest BCUT2D eigenvalue weighted by Gasteiger charge is -2.42. The molecule has 3 heterocycles. The lowest BCUT2D eigenvalue weighted by Crippen LogP contribution is -2.44. The van der Waals surface area contributed by atoms with E-state index in [1.807, 2.05) is 18.5 Å². The van der Waals surface area contributed by atoms with Crippen molar-refractivity contribution in [2.75, 3.05) is 0 Å². The molecule has 0 spiro atoms. The van der Waals surface area contributed by atoms with Crippen molar-refractivity contribution in [3.63, 3.8) is 0 Å². The van der Waals surface area contributed by atoms with Gasteiger partial charge in [0.2, 0.25) is 0 Å². The summed E-state index contributed by atoms with van der Waals surface area (Å²) in [7, 11) is 0. The Hall–Kier alpha value is -1.17. The Morgan fingerprint density at radius 3 is 2.36 bits per heavy atom. The number of halogens is 4. The van der Waals surface area contributed by atoms with Gasteiger partial charge >= 0.3 is 0 Å². The molecule has 1 saturated carbocycles. The third-order valence-electron chi connectivity index (χ3n) is 7.80. The number of hydrogen-bond acceptors (Lipinski definition) is 5. The van der Waals surface area contributed by atoms with Crippen LogP contribution in [-0.2, 0) is 19.5 Å². The van der Waals surface area contributed by atoms with Crippen molar-refractivity contribution in [1.82, 2.24) is 30.2 Å². The van der Waals surface area contributed by atoms with Crippen molar-refractivity contribution < 1.29 is 0 Å². The van der Waals surface area contributed by atoms with Gasteiger partial charge in [-0.05, 0) is 80.8 Å². The SMILES string of the molecule is Br.Br.Br.Br.c1ccc(CNC2CCC(N(Cc3nc4ccccc4[nH]3)C3CCCc4cccnc43)CC2)nc1. The molecule has 3 aromatic heterocycles. The van der Waals surface area contributed by atoms with Crippen molar-refractivity contribution in [1.29, 1.82) is 0 Å². The van der Waals surface area contributed by atoms with Crippen molar-refractivity contribution in [2.24, 2.45) is 0 Å². The third kappa shape index (κ3) is 8.20. The molecule has 2 aliphatic rings. The van der Waals surface area contributed by atoms with Crippen molar-refractivity contribution in [3.05, 3.63) is 89.8 Å². The van der Waals surface area contributed by atoms with E-state index in [1.54, 1.807) is 0 Å². The normalized spacial score (nSPS) is 20.1. The van der Waals surface area contributed by atoms with Gasteiger partial charge in [-0.1, -0.05) is 24.3 Å². The van der Waals surface area contributed by atoms with E-state index in [-0.39, 0.29) is 67.9 Å². The molecule has 6 nitrogen and oxygen atoms in total. The number of fused-ring (bicyclic) bond motifs is 2. The molecule has 2 aliphatic carbocycles. The van der Waals surface area contributed by atoms with Gasteiger partial charge in [-0.25, -0.2) is 4.98 Å². The molecule has 0 amide bonds. The summed E-state index contributed by atoms with van der Waals surface area (Å²) in [5, 5.41) is 3.75. The van der Waals surface area contributed by atoms with Gasteiger partial charge in [0.25, 0.3) is 0 Å². The Kier molecular flexibility index (Phi) is 14.2. The molecule has 1 fully saturated rings. The maximum Gasteiger partial charge on any atom is 0.121 e. The van der Waals surface area contributed by atoms with E-state index >= 15 is 0 Å². The number of aromatic nitrogens is 4. The third-order valence-corrected chi connectivity index (χ3v) is 7.80. The Morgan fingerprint density at radius 1 is 0.821 bits per heavy atom. The molecule has 0 saturated heterocycles. The first-order valence-corrected chi connectivity index (χ1v) is 13.1. The molecule has 1 atom stereocenters. The topological polar surface area (TPSA) is 69.7 Å². The fourth-order valence-electron chi connectivity index (χ4n) is 6.02. The second-order valence-corrected chi connectivity index (χ2v) is 10.0. The van der Waals surface area contributed by atoms with Gasteiger partial charge in [-0.3, -0.25) is 14.9 Å². The molecule has 1 aromatic carbocycles. The Bertz CT molecular complexity index is 1230. The molecule has 4 aromatic rings. The highest BCUT2D eigenvalue weighted by atomic mass is 79.9. The van der Waals surface area contributed by atoms with E-state index in [0.717, 1.165) is 42.1 Å². The molecule has 212 valence electrons. The van der Waals surface area contributed by atoms with E-state index in [9.17, 15) is 0 Å². The highest BCUT2D eigenvalue weighted by Gasteiger charge is 2.34. The average Bonchev–Trinajstić information content (AvgIpc) is 3.34. The molecule has 10 heteroatoms. The van der Waals surface area contributed by atoms with E-state index in [4.69, 9.17) is 9.97 Å². The zero-order chi connectivity index (χ0) is 23.5. The summed E-state index contributed by atoms with van der Waals surface area (Å²) in [5.41, 5.74) is 5.99. The predicted octanol–water partition coefficient (Wildman–Crippen LogP) is 7.65. The minimum absolute atomic E-state index is 0. The summed E-state index contributed by atoms with van der Waals surface area (Å²) in [4.78, 5) is 20.6. The number of para-hydroxylation sites is 2. The van der Waals surface area contributed by atoms with Gasteiger partial charge in [-0.2, -0.15) is 0 Å². The Balaban J connectivity index is 0.00000133. The first-order chi connectivity index (χ1) is 17.3. The number of benzene rings is 1. The summed E-state index contributed by atoms with van der Waals surface area (Å²) in [6.07, 6.45) is 12.1. The number of H-pyrrole nitrogens is 1. The summed E-state index contributed by atoms with van der Waals surface area (Å²) in [6.45, 7) is 1.69. The van der Waals surface area contributed by atoms with Crippen LogP contribution in [0.3, 0.4) is 0 Å². The molecule has 1 unspecified atom stereocenters. The fraction of sp³-hybridized carbons (Fsp3) is 0.414. The van der Waals surface area contributed by atoms with Crippen LogP contribution in [0.4, 0.5) is 0 Å². The lowest BCUT2D eigenvalue weighted by molar-refractivity contribution is 0.0728. The number of pyridine rings is 2. The van der Waals surface area contributed by atoms with E-state index in [0.29, 0.717) is 18.1 Å². The minimum Gasteiger partial charge on any atom is -0.341 e. The first kappa shape index (κ1) is 34.0. The number of aromatic amines is 1. The number of aryl methyl sites for hydroxylation is 1. The smallest absolute Gasteiger partial charge is 0.121 e. The van der Waals surface area contributed by atoms with Gasteiger partial charge in [0.1, 0.15) is 5.82 Å². The maximum absolute atomic E-state index is 4.94. The number of imidazole rings is 1. The van der Waals surface area contributed by atoms with Crippen LogP contribution in [0.2, 0.25) is 0 Å². The Labute approximate surface area is 273 Å². The molecule has 6 rings (SSSR count). The second-order valence-electron chi connectivity index (χ2n) is 10.0. The van der Waals surface area contributed by atoms with Crippen LogP contribution >= 0.6 is 67.9 Å². The van der Waals surface area contributed by atoms with E-state index < -0.39 is 0 Å². The predicted molar refractivity (Wildman–Crippen MR) is 180 cm³/mol. The summed E-state index contributed by atoms with van der Waals surface area (Å²) >= 11 is 0. The van der Waals surface area contributed by atoms with Gasteiger partial charge in [0, 0.05) is 31.0 Å². The standard InChI is InChI=1S/C29H34N6.4BrH/c1-2-11-26-25(10-1)33-28(34-26)20-35(27-12-5-7-21-8-6-18-31-29(21)27)24-15-13-22(14-16-24)32-19-23-9-3-4-17-30-23;;;;/h1-4,6,8-11,17-18,22,24,27,32H,5,7,12-16,19-20H2,(H,33,34);4*1H. The quantitative estimate of drug-likeness (QED) is 0.202. The molecule has 0 radical (unpaired) electrons. The van der Waals surface area contributed by atoms with Crippen molar-refractivity contribution in [2.45, 2.75) is 76.2 Å². The minimum atomic E-state index is 0. The Morgan fingerprint density at radius 2 is 1.59 bits per heavy atom.